The Bertz CT molecular complexity index is 1930. The van der Waals surface area contributed by atoms with Crippen LogP contribution in [0.3, 0.4) is 0 Å². The number of allylic oxidation sites excluding steroid dienone is 2. The fourth-order valence-electron chi connectivity index (χ4n) is 9.17. The van der Waals surface area contributed by atoms with Crippen molar-refractivity contribution >= 4 is 19.1 Å². The van der Waals surface area contributed by atoms with Gasteiger partial charge in [0.05, 0.1) is 0 Å². The average molecular weight is 792 g/mol. The van der Waals surface area contributed by atoms with Crippen molar-refractivity contribution in [2.75, 3.05) is 0 Å². The molecule has 4 aromatic rings. The van der Waals surface area contributed by atoms with Crippen LogP contribution < -0.4 is 0 Å². The quantitative estimate of drug-likeness (QED) is 0.171. The van der Waals surface area contributed by atoms with Gasteiger partial charge in [-0.05, 0) is 0 Å². The summed E-state index contributed by atoms with van der Waals surface area (Å²) in [4.78, 5) is 0. The Labute approximate surface area is 275 Å². The third kappa shape index (κ3) is 4.75. The zero-order chi connectivity index (χ0) is 33.4. The normalized spacial score (nSPS) is 20.0. The molecule has 240 valence electrons. The molecule has 0 amide bonds. The van der Waals surface area contributed by atoms with E-state index in [0.717, 1.165) is 0 Å². The van der Waals surface area contributed by atoms with Crippen LogP contribution in [0, 0.1) is 0 Å². The molecular formula is C44H56HfSi. The third-order valence-electron chi connectivity index (χ3n) is 14.1. The molecule has 0 bridgehead atoms. The molecule has 2 atom stereocenters. The van der Waals surface area contributed by atoms with Crippen molar-refractivity contribution in [3.8, 4) is 22.3 Å². The van der Waals surface area contributed by atoms with Crippen LogP contribution in [-0.4, -0.2) is 6.94 Å². The van der Waals surface area contributed by atoms with Crippen LogP contribution in [0.15, 0.2) is 97.1 Å². The van der Waals surface area contributed by atoms with Gasteiger partial charge in [-0.25, -0.2) is 0 Å². The van der Waals surface area contributed by atoms with E-state index in [1.54, 1.807) is 11.1 Å². The molecule has 0 aromatic heterocycles. The Kier molecular flexibility index (Phi) is 7.07. The van der Waals surface area contributed by atoms with E-state index in [1.807, 2.05) is 0 Å². The van der Waals surface area contributed by atoms with Crippen LogP contribution in [0.1, 0.15) is 96.1 Å². The number of hydrogen-bond acceptors (Lipinski definition) is 0. The molecule has 0 nitrogen and oxygen atoms in total. The summed E-state index contributed by atoms with van der Waals surface area (Å²) in [6.07, 6.45) is 10.3. The molecule has 4 aromatic carbocycles. The molecule has 0 aliphatic heterocycles. The fourth-order valence-corrected chi connectivity index (χ4v) is 44.0. The summed E-state index contributed by atoms with van der Waals surface area (Å²) in [7, 11) is 0. The van der Waals surface area contributed by atoms with Gasteiger partial charge in [0.1, 0.15) is 0 Å². The second-order valence-electron chi connectivity index (χ2n) is 19.6. The van der Waals surface area contributed by atoms with E-state index in [-0.39, 0.29) is 10.8 Å². The first kappa shape index (κ1) is 33.4. The van der Waals surface area contributed by atoms with Gasteiger partial charge in [-0.1, -0.05) is 0 Å². The van der Waals surface area contributed by atoms with E-state index in [0.29, 0.717) is 7.35 Å². The summed E-state index contributed by atoms with van der Waals surface area (Å²) in [6.45, 7) is 21.4. The molecule has 2 heteroatoms. The summed E-state index contributed by atoms with van der Waals surface area (Å²) in [5.74, 6) is 0. The van der Waals surface area contributed by atoms with Crippen molar-refractivity contribution in [1.29, 1.82) is 0 Å². The topological polar surface area (TPSA) is 0 Å². The molecule has 0 radical (unpaired) electrons. The van der Waals surface area contributed by atoms with Gasteiger partial charge < -0.3 is 0 Å². The predicted octanol–water partition coefficient (Wildman–Crippen LogP) is 12.7. The van der Waals surface area contributed by atoms with Gasteiger partial charge >= 0.3 is 277 Å². The van der Waals surface area contributed by atoms with Gasteiger partial charge in [0.2, 0.25) is 0 Å². The Morgan fingerprint density at radius 3 is 1.28 bits per heavy atom. The molecule has 2 aliphatic rings. The zero-order valence-corrected chi connectivity index (χ0v) is 35.2. The first-order valence-corrected chi connectivity index (χ1v) is 42.4. The van der Waals surface area contributed by atoms with E-state index >= 15 is 0 Å². The summed E-state index contributed by atoms with van der Waals surface area (Å²) >= 11 is -4.94. The Morgan fingerprint density at radius 1 is 0.565 bits per heavy atom. The monoisotopic (exact) mass is 792 g/mol. The van der Waals surface area contributed by atoms with E-state index in [4.69, 9.17) is 0 Å². The zero-order valence-electron chi connectivity index (χ0n) is 30.2. The van der Waals surface area contributed by atoms with Gasteiger partial charge in [0, 0.05) is 0 Å². The second-order valence-corrected chi connectivity index (χ2v) is 98.1. The van der Waals surface area contributed by atoms with Crippen molar-refractivity contribution < 1.29 is 14.2 Å². The summed E-state index contributed by atoms with van der Waals surface area (Å²) < 4.78 is 9.00. The van der Waals surface area contributed by atoms with Crippen LogP contribution in [-0.2, 0) is 25.0 Å². The standard InChI is InChI=1S/2C19H19.2C2H5.2CH3.Hf.H2Si/c2*1-19(2,3)16-10-4-9-15(13-16)18-12-6-8-14-7-5-11-17(14)18;2*1-2;;;;/h2*4-13H,1-3H3;2*1H2,2H3;2*1H3;;1H2. The molecule has 6 rings (SSSR count). The molecular weight excluding hydrogens is 735 g/mol. The molecule has 0 heterocycles. The van der Waals surface area contributed by atoms with Gasteiger partial charge in [-0.15, -0.1) is 0 Å². The molecule has 2 unspecified atom stereocenters. The third-order valence-corrected chi connectivity index (χ3v) is 77.3. The molecule has 0 N–H and O–H groups in total. The molecule has 0 spiro atoms. The Morgan fingerprint density at radius 2 is 0.935 bits per heavy atom. The van der Waals surface area contributed by atoms with Crippen molar-refractivity contribution in [3.05, 3.63) is 130 Å². The van der Waals surface area contributed by atoms with E-state index in [2.05, 4.69) is 181 Å². The van der Waals surface area contributed by atoms with E-state index < -0.39 is 14.2 Å². The first-order chi connectivity index (χ1) is 21.3. The number of rotatable bonds is 6. The van der Waals surface area contributed by atoms with Crippen LogP contribution in [0.2, 0.25) is 17.7 Å². The molecule has 2 aliphatic carbocycles. The maximum atomic E-state index is 2.84. The second kappa shape index (κ2) is 9.76. The summed E-state index contributed by atoms with van der Waals surface area (Å²) in [6, 6.07) is 32.8. The van der Waals surface area contributed by atoms with Crippen LogP contribution in [0.4, 0.5) is 0 Å². The summed E-state index contributed by atoms with van der Waals surface area (Å²) in [5, 5.41) is 0. The first-order valence-electron chi connectivity index (χ1n) is 17.7. The van der Waals surface area contributed by atoms with E-state index in [1.165, 1.54) is 52.9 Å². The molecule has 0 saturated carbocycles. The fraction of sp³-hybridized carbons (Fsp3) is 0.364. The Hall–Kier alpha value is -2.55. The van der Waals surface area contributed by atoms with Gasteiger partial charge in [0.25, 0.3) is 0 Å². The predicted molar refractivity (Wildman–Crippen MR) is 206 cm³/mol. The van der Waals surface area contributed by atoms with Gasteiger partial charge in [-0.2, -0.15) is 0 Å². The number of benzene rings is 4. The number of fused-ring (bicyclic) bond motifs is 2. The van der Waals surface area contributed by atoms with Crippen molar-refractivity contribution in [2.24, 2.45) is 0 Å². The van der Waals surface area contributed by atoms with E-state index in [9.17, 15) is 0 Å². The SMILES string of the molecule is C[CH2][Hf]([CH3])([CH3])(=[SiH2])([CH2]C)([CH]1C=Cc2c(-c3cccc(C(C)(C)C)c3)cccc21)[CH]1C=Cc2c(-c3cccc(C(C)(C)C)c3)cccc21. The molecule has 0 saturated heterocycles. The van der Waals surface area contributed by atoms with Gasteiger partial charge in [-0.3, -0.25) is 0 Å². The van der Waals surface area contributed by atoms with Gasteiger partial charge in [0.15, 0.2) is 0 Å². The molecule has 46 heavy (non-hydrogen) atoms. The maximum absolute atomic E-state index is 4.94. The Balaban J connectivity index is 1.54. The minimum absolute atomic E-state index is 0.118. The van der Waals surface area contributed by atoms with Crippen molar-refractivity contribution in [1.82, 2.24) is 0 Å². The average Bonchev–Trinajstić information content (AvgIpc) is 3.68. The van der Waals surface area contributed by atoms with Crippen molar-refractivity contribution in [3.63, 3.8) is 0 Å². The van der Waals surface area contributed by atoms with Crippen LogP contribution >= 0.6 is 0 Å². The van der Waals surface area contributed by atoms with Crippen LogP contribution in [0.5, 0.6) is 0 Å². The minimum atomic E-state index is -4.94. The number of hydrogen-bond donors (Lipinski definition) is 0. The molecule has 0 fully saturated rings. The van der Waals surface area contributed by atoms with Crippen LogP contribution in [0.25, 0.3) is 34.4 Å². The summed E-state index contributed by atoms with van der Waals surface area (Å²) in [5.41, 5.74) is 14.4. The van der Waals surface area contributed by atoms with Crippen molar-refractivity contribution in [2.45, 2.75) is 91.3 Å².